The molecule has 3 heteroatoms. The van der Waals surface area contributed by atoms with Gasteiger partial charge in [0.2, 0.25) is 0 Å². The van der Waals surface area contributed by atoms with Gasteiger partial charge in [0.1, 0.15) is 5.78 Å². The third-order valence-corrected chi connectivity index (χ3v) is 4.75. The number of ketones is 1. The molecule has 0 saturated heterocycles. The Morgan fingerprint density at radius 3 is 2.82 bits per heavy atom. The minimum atomic E-state index is -0.324. The van der Waals surface area contributed by atoms with Gasteiger partial charge in [-0.15, -0.1) is 0 Å². The minimum Gasteiger partial charge on any atom is -0.327 e. The summed E-state index contributed by atoms with van der Waals surface area (Å²) in [4.78, 5) is 12.4. The number of halogens is 1. The number of nitrogens with two attached hydrogens (primary N) is 1. The van der Waals surface area contributed by atoms with Gasteiger partial charge in [0, 0.05) is 22.4 Å². The SMILES string of the molecule is CC1(C(=O)Cc2ccccc2Br)CCCC1N. The van der Waals surface area contributed by atoms with Gasteiger partial charge < -0.3 is 5.73 Å². The molecule has 2 atom stereocenters. The van der Waals surface area contributed by atoms with Crippen molar-refractivity contribution in [1.82, 2.24) is 0 Å². The van der Waals surface area contributed by atoms with Crippen LogP contribution in [-0.2, 0) is 11.2 Å². The summed E-state index contributed by atoms with van der Waals surface area (Å²) in [6.07, 6.45) is 3.45. The predicted molar refractivity (Wildman–Crippen MR) is 72.8 cm³/mol. The third-order valence-electron chi connectivity index (χ3n) is 3.98. The predicted octanol–water partition coefficient (Wildman–Crippen LogP) is 3.08. The van der Waals surface area contributed by atoms with Crippen molar-refractivity contribution in [3.8, 4) is 0 Å². The Kier molecular flexibility index (Phi) is 3.69. The number of benzene rings is 1. The molecule has 1 saturated carbocycles. The highest BCUT2D eigenvalue weighted by Gasteiger charge is 2.42. The van der Waals surface area contributed by atoms with Crippen LogP contribution in [0.1, 0.15) is 31.7 Å². The highest BCUT2D eigenvalue weighted by atomic mass is 79.9. The standard InChI is InChI=1S/C14H18BrNO/c1-14(8-4-7-12(14)16)13(17)9-10-5-2-3-6-11(10)15/h2-3,5-6,12H,4,7-9,16H2,1H3. The van der Waals surface area contributed by atoms with E-state index in [1.54, 1.807) is 0 Å². The number of Topliss-reactive ketones (excluding diaryl/α,β-unsaturated/α-hetero) is 1. The molecule has 17 heavy (non-hydrogen) atoms. The lowest BCUT2D eigenvalue weighted by atomic mass is 9.78. The first-order chi connectivity index (χ1) is 8.04. The van der Waals surface area contributed by atoms with Gasteiger partial charge in [-0.05, 0) is 24.5 Å². The van der Waals surface area contributed by atoms with E-state index < -0.39 is 0 Å². The van der Waals surface area contributed by atoms with Gasteiger partial charge in [-0.1, -0.05) is 47.5 Å². The van der Waals surface area contributed by atoms with Crippen LogP contribution < -0.4 is 5.73 Å². The average molecular weight is 296 g/mol. The van der Waals surface area contributed by atoms with Crippen LogP contribution in [-0.4, -0.2) is 11.8 Å². The molecule has 1 aromatic carbocycles. The molecule has 2 unspecified atom stereocenters. The van der Waals surface area contributed by atoms with Crippen molar-refractivity contribution >= 4 is 21.7 Å². The minimum absolute atomic E-state index is 0.0255. The first-order valence-corrected chi connectivity index (χ1v) is 6.85. The van der Waals surface area contributed by atoms with Crippen LogP contribution >= 0.6 is 15.9 Å². The van der Waals surface area contributed by atoms with Crippen molar-refractivity contribution in [1.29, 1.82) is 0 Å². The lowest BCUT2D eigenvalue weighted by Gasteiger charge is -2.27. The molecule has 1 aromatic rings. The zero-order valence-electron chi connectivity index (χ0n) is 10.1. The zero-order chi connectivity index (χ0) is 12.5. The van der Waals surface area contributed by atoms with Crippen molar-refractivity contribution in [2.24, 2.45) is 11.1 Å². The maximum Gasteiger partial charge on any atom is 0.144 e. The van der Waals surface area contributed by atoms with Crippen LogP contribution in [0.4, 0.5) is 0 Å². The van der Waals surface area contributed by atoms with E-state index in [2.05, 4.69) is 15.9 Å². The zero-order valence-corrected chi connectivity index (χ0v) is 11.7. The molecule has 1 fully saturated rings. The quantitative estimate of drug-likeness (QED) is 0.931. The number of hydrogen-bond acceptors (Lipinski definition) is 2. The lowest BCUT2D eigenvalue weighted by Crippen LogP contribution is -2.41. The molecule has 0 radical (unpaired) electrons. The van der Waals surface area contributed by atoms with E-state index in [-0.39, 0.29) is 17.2 Å². The van der Waals surface area contributed by atoms with Crippen LogP contribution in [0.25, 0.3) is 0 Å². The van der Waals surface area contributed by atoms with Crippen molar-refractivity contribution < 1.29 is 4.79 Å². The molecule has 0 aliphatic heterocycles. The number of hydrogen-bond donors (Lipinski definition) is 1. The molecule has 1 aliphatic rings. The van der Waals surface area contributed by atoms with Crippen molar-refractivity contribution in [2.45, 2.75) is 38.6 Å². The fraction of sp³-hybridized carbons (Fsp3) is 0.500. The Labute approximate surface area is 111 Å². The molecule has 0 heterocycles. The van der Waals surface area contributed by atoms with Gasteiger partial charge >= 0.3 is 0 Å². The smallest absolute Gasteiger partial charge is 0.144 e. The van der Waals surface area contributed by atoms with Gasteiger partial charge in [-0.2, -0.15) is 0 Å². The van der Waals surface area contributed by atoms with Crippen molar-refractivity contribution in [2.75, 3.05) is 0 Å². The van der Waals surface area contributed by atoms with Gasteiger partial charge in [-0.25, -0.2) is 0 Å². The Morgan fingerprint density at radius 2 is 2.24 bits per heavy atom. The van der Waals surface area contributed by atoms with Crippen LogP contribution in [0.2, 0.25) is 0 Å². The topological polar surface area (TPSA) is 43.1 Å². The number of carbonyl (C=O) groups excluding carboxylic acids is 1. The summed E-state index contributed by atoms with van der Waals surface area (Å²) in [5, 5.41) is 0. The number of rotatable bonds is 3. The maximum absolute atomic E-state index is 12.4. The molecule has 0 bridgehead atoms. The molecular weight excluding hydrogens is 278 g/mol. The van der Waals surface area contributed by atoms with Crippen LogP contribution in [0.15, 0.2) is 28.7 Å². The Morgan fingerprint density at radius 1 is 1.53 bits per heavy atom. The van der Waals surface area contributed by atoms with Crippen molar-refractivity contribution in [3.63, 3.8) is 0 Å². The van der Waals surface area contributed by atoms with Crippen LogP contribution in [0.3, 0.4) is 0 Å². The molecule has 0 aromatic heterocycles. The highest BCUT2D eigenvalue weighted by Crippen LogP contribution is 2.38. The average Bonchev–Trinajstić information content (AvgIpc) is 2.64. The summed E-state index contributed by atoms with van der Waals surface area (Å²) in [5.41, 5.74) is 6.80. The fourth-order valence-electron chi connectivity index (χ4n) is 2.56. The number of carbonyl (C=O) groups is 1. The monoisotopic (exact) mass is 295 g/mol. The Hall–Kier alpha value is -0.670. The van der Waals surface area contributed by atoms with Gasteiger partial charge in [-0.3, -0.25) is 4.79 Å². The summed E-state index contributed by atoms with van der Waals surface area (Å²) >= 11 is 3.48. The van der Waals surface area contributed by atoms with Crippen molar-refractivity contribution in [3.05, 3.63) is 34.3 Å². The van der Waals surface area contributed by atoms with Gasteiger partial charge in [0.15, 0.2) is 0 Å². The molecule has 92 valence electrons. The summed E-state index contributed by atoms with van der Waals surface area (Å²) < 4.78 is 1.00. The van der Waals surface area contributed by atoms with E-state index in [0.717, 1.165) is 29.3 Å². The second-order valence-electron chi connectivity index (χ2n) is 5.11. The van der Waals surface area contributed by atoms with E-state index in [1.165, 1.54) is 0 Å². The molecule has 2 N–H and O–H groups in total. The second-order valence-corrected chi connectivity index (χ2v) is 5.96. The van der Waals surface area contributed by atoms with Crippen LogP contribution in [0, 0.1) is 5.41 Å². The largest absolute Gasteiger partial charge is 0.327 e. The van der Waals surface area contributed by atoms with Crippen LogP contribution in [0.5, 0.6) is 0 Å². The normalized spacial score (nSPS) is 28.3. The fourth-order valence-corrected chi connectivity index (χ4v) is 2.98. The van der Waals surface area contributed by atoms with E-state index in [4.69, 9.17) is 5.73 Å². The molecule has 0 amide bonds. The third kappa shape index (κ3) is 2.45. The maximum atomic E-state index is 12.4. The molecule has 1 aliphatic carbocycles. The Balaban J connectivity index is 2.15. The van der Waals surface area contributed by atoms with E-state index in [1.807, 2.05) is 31.2 Å². The highest BCUT2D eigenvalue weighted by molar-refractivity contribution is 9.10. The van der Waals surface area contributed by atoms with E-state index >= 15 is 0 Å². The van der Waals surface area contributed by atoms with E-state index in [0.29, 0.717) is 6.42 Å². The van der Waals surface area contributed by atoms with Gasteiger partial charge in [0.25, 0.3) is 0 Å². The summed E-state index contributed by atoms with van der Waals surface area (Å²) in [7, 11) is 0. The summed E-state index contributed by atoms with van der Waals surface area (Å²) in [6, 6.07) is 7.91. The molecule has 2 nitrogen and oxygen atoms in total. The van der Waals surface area contributed by atoms with E-state index in [9.17, 15) is 4.79 Å². The summed E-state index contributed by atoms with van der Waals surface area (Å²) in [6.45, 7) is 2.02. The van der Waals surface area contributed by atoms with Gasteiger partial charge in [0.05, 0.1) is 0 Å². The lowest BCUT2D eigenvalue weighted by molar-refractivity contribution is -0.127. The Bertz CT molecular complexity index is 432. The molecule has 2 rings (SSSR count). The summed E-state index contributed by atoms with van der Waals surface area (Å²) in [5.74, 6) is 0.273. The second kappa shape index (κ2) is 4.91. The molecular formula is C14H18BrNO. The first-order valence-electron chi connectivity index (χ1n) is 6.06. The molecule has 0 spiro atoms. The first kappa shape index (κ1) is 12.8.